The zero-order valence-electron chi connectivity index (χ0n) is 19.8. The maximum absolute atomic E-state index is 13.2. The summed E-state index contributed by atoms with van der Waals surface area (Å²) in [6.45, 7) is 3.94. The van der Waals surface area contributed by atoms with Crippen LogP contribution in [0.25, 0.3) is 11.4 Å². The van der Waals surface area contributed by atoms with Crippen LogP contribution in [-0.4, -0.2) is 31.0 Å². The summed E-state index contributed by atoms with van der Waals surface area (Å²) in [6, 6.07) is 20.3. The van der Waals surface area contributed by atoms with E-state index in [4.69, 9.17) is 0 Å². The molecule has 0 aliphatic heterocycles. The van der Waals surface area contributed by atoms with Gasteiger partial charge >= 0.3 is 0 Å². The van der Waals surface area contributed by atoms with Crippen LogP contribution < -0.4 is 5.32 Å². The highest BCUT2D eigenvalue weighted by molar-refractivity contribution is 7.99. The Hall–Kier alpha value is -3.83. The number of hydrogen-bond donors (Lipinski definition) is 1. The van der Waals surface area contributed by atoms with E-state index < -0.39 is 0 Å². The van der Waals surface area contributed by atoms with E-state index in [1.54, 1.807) is 0 Å². The normalized spacial score (nSPS) is 12.7. The summed E-state index contributed by atoms with van der Waals surface area (Å²) in [7, 11) is 0. The van der Waals surface area contributed by atoms with Gasteiger partial charge in [0.15, 0.2) is 5.16 Å². The molecule has 8 heteroatoms. The Bertz CT molecular complexity index is 1430. The molecule has 0 fully saturated rings. The van der Waals surface area contributed by atoms with Gasteiger partial charge < -0.3 is 5.32 Å². The van der Waals surface area contributed by atoms with Crippen LogP contribution in [0, 0.1) is 25.2 Å². The molecular weight excluding hydrogens is 456 g/mol. The van der Waals surface area contributed by atoms with E-state index in [0.29, 0.717) is 16.5 Å². The maximum atomic E-state index is 13.2. The Kier molecular flexibility index (Phi) is 6.43. The van der Waals surface area contributed by atoms with Crippen LogP contribution in [0.3, 0.4) is 0 Å². The molecule has 1 N–H and O–H groups in total. The van der Waals surface area contributed by atoms with E-state index in [1.165, 1.54) is 11.8 Å². The number of carbonyl (C=O) groups excluding carboxylic acids is 1. The molecule has 2 aromatic carbocycles. The summed E-state index contributed by atoms with van der Waals surface area (Å²) in [4.78, 5) is 13.2. The third-order valence-electron chi connectivity index (χ3n) is 6.34. The minimum atomic E-state index is -0.185. The number of fused-ring (bicyclic) bond motifs is 1. The summed E-state index contributed by atoms with van der Waals surface area (Å²) in [6.07, 6.45) is 3.88. The lowest BCUT2D eigenvalue weighted by Crippen LogP contribution is -2.18. The van der Waals surface area contributed by atoms with Crippen LogP contribution in [0.1, 0.15) is 41.1 Å². The highest BCUT2D eigenvalue weighted by Gasteiger charge is 2.27. The van der Waals surface area contributed by atoms with Crippen LogP contribution in [-0.2, 0) is 17.6 Å². The summed E-state index contributed by atoms with van der Waals surface area (Å²) in [5.41, 5.74) is 5.80. The molecule has 1 amide bonds. The standard InChI is InChI=1S/C27H26N6OS/c1-18-10-6-8-14-23(18)32-19(2)30-31-27(32)35-17-25(34)29-26-22(16-28)21-13-7-9-15-24(21)33(26)20-11-4-3-5-12-20/h3-6,8,10-12,14H,7,9,13,15,17H2,1-2H3,(H,29,34). The zero-order valence-corrected chi connectivity index (χ0v) is 20.6. The summed E-state index contributed by atoms with van der Waals surface area (Å²) in [5, 5.41) is 22.3. The number of aryl methyl sites for hydroxylation is 2. The lowest BCUT2D eigenvalue weighted by Gasteiger charge is -2.17. The smallest absolute Gasteiger partial charge is 0.236 e. The molecule has 1 aliphatic rings. The van der Waals surface area contributed by atoms with Crippen molar-refractivity contribution in [2.24, 2.45) is 0 Å². The number of para-hydroxylation sites is 2. The SMILES string of the molecule is Cc1ccccc1-n1c(C)nnc1SCC(=O)Nc1c(C#N)c2c(n1-c1ccccc1)CCCC2. The first kappa shape index (κ1) is 22.9. The van der Waals surface area contributed by atoms with Crippen molar-refractivity contribution in [1.29, 1.82) is 5.26 Å². The monoisotopic (exact) mass is 482 g/mol. The fraction of sp³-hybridized carbons (Fsp3) is 0.259. The van der Waals surface area contributed by atoms with Crippen molar-refractivity contribution in [2.75, 3.05) is 11.1 Å². The van der Waals surface area contributed by atoms with Gasteiger partial charge in [0, 0.05) is 11.4 Å². The van der Waals surface area contributed by atoms with Gasteiger partial charge in [-0.3, -0.25) is 13.9 Å². The topological polar surface area (TPSA) is 88.5 Å². The summed E-state index contributed by atoms with van der Waals surface area (Å²) in [5.74, 6) is 1.29. The molecule has 0 radical (unpaired) electrons. The Morgan fingerprint density at radius 2 is 1.77 bits per heavy atom. The van der Waals surface area contributed by atoms with E-state index in [-0.39, 0.29) is 11.7 Å². The van der Waals surface area contributed by atoms with Gasteiger partial charge in [0.05, 0.1) is 17.0 Å². The number of carbonyl (C=O) groups is 1. The van der Waals surface area contributed by atoms with Gasteiger partial charge in [-0.25, -0.2) is 0 Å². The van der Waals surface area contributed by atoms with Crippen molar-refractivity contribution in [3.63, 3.8) is 0 Å². The number of amides is 1. The maximum Gasteiger partial charge on any atom is 0.236 e. The molecule has 7 nitrogen and oxygen atoms in total. The van der Waals surface area contributed by atoms with Gasteiger partial charge in [0.25, 0.3) is 0 Å². The third kappa shape index (κ3) is 4.35. The molecule has 35 heavy (non-hydrogen) atoms. The molecule has 1 aliphatic carbocycles. The number of aromatic nitrogens is 4. The number of rotatable bonds is 6. The molecule has 4 aromatic rings. The zero-order chi connectivity index (χ0) is 24.4. The molecule has 2 aromatic heterocycles. The molecular formula is C27H26N6OS. The van der Waals surface area contributed by atoms with Crippen LogP contribution >= 0.6 is 11.8 Å². The van der Waals surface area contributed by atoms with Crippen molar-refractivity contribution in [2.45, 2.75) is 44.7 Å². The molecule has 2 heterocycles. The van der Waals surface area contributed by atoms with E-state index in [2.05, 4.69) is 26.2 Å². The Morgan fingerprint density at radius 1 is 1.03 bits per heavy atom. The van der Waals surface area contributed by atoms with Gasteiger partial charge in [-0.05, 0) is 68.9 Å². The first-order chi connectivity index (χ1) is 17.1. The lowest BCUT2D eigenvalue weighted by atomic mass is 9.95. The van der Waals surface area contributed by atoms with E-state index in [1.807, 2.05) is 73.0 Å². The molecule has 0 atom stereocenters. The quantitative estimate of drug-likeness (QED) is 0.384. The van der Waals surface area contributed by atoms with Crippen molar-refractivity contribution in [3.05, 3.63) is 82.8 Å². The molecule has 5 rings (SSSR count). The second-order valence-corrected chi connectivity index (χ2v) is 9.57. The van der Waals surface area contributed by atoms with Gasteiger partial charge in [-0.2, -0.15) is 5.26 Å². The van der Waals surface area contributed by atoms with Crippen molar-refractivity contribution >= 4 is 23.5 Å². The lowest BCUT2D eigenvalue weighted by molar-refractivity contribution is -0.113. The number of benzene rings is 2. The summed E-state index contributed by atoms with van der Waals surface area (Å²) >= 11 is 1.33. The van der Waals surface area contributed by atoms with E-state index in [0.717, 1.165) is 59.7 Å². The minimum absolute atomic E-state index is 0.152. The fourth-order valence-corrected chi connectivity index (χ4v) is 5.51. The number of thioether (sulfide) groups is 1. The van der Waals surface area contributed by atoms with Gasteiger partial charge in [-0.1, -0.05) is 48.2 Å². The van der Waals surface area contributed by atoms with E-state index in [9.17, 15) is 10.1 Å². The van der Waals surface area contributed by atoms with Gasteiger partial charge in [0.2, 0.25) is 5.91 Å². The first-order valence-electron chi connectivity index (χ1n) is 11.7. The number of anilines is 1. The van der Waals surface area contributed by atoms with Crippen LogP contribution in [0.15, 0.2) is 59.8 Å². The van der Waals surface area contributed by atoms with Crippen LogP contribution in [0.5, 0.6) is 0 Å². The average Bonchev–Trinajstić information content (AvgIpc) is 3.40. The van der Waals surface area contributed by atoms with Crippen molar-refractivity contribution in [1.82, 2.24) is 19.3 Å². The predicted molar refractivity (Wildman–Crippen MR) is 137 cm³/mol. The van der Waals surface area contributed by atoms with Gasteiger partial charge in [-0.15, -0.1) is 10.2 Å². The van der Waals surface area contributed by atoms with Crippen molar-refractivity contribution in [3.8, 4) is 17.4 Å². The minimum Gasteiger partial charge on any atom is -0.310 e. The second-order valence-electron chi connectivity index (χ2n) is 8.63. The van der Waals surface area contributed by atoms with Crippen molar-refractivity contribution < 1.29 is 4.79 Å². The molecule has 176 valence electrons. The molecule has 0 spiro atoms. The van der Waals surface area contributed by atoms with E-state index >= 15 is 0 Å². The molecule has 0 unspecified atom stereocenters. The summed E-state index contributed by atoms with van der Waals surface area (Å²) < 4.78 is 4.02. The largest absolute Gasteiger partial charge is 0.310 e. The Morgan fingerprint density at radius 3 is 2.54 bits per heavy atom. The number of nitrogens with zero attached hydrogens (tertiary/aromatic N) is 5. The molecule has 0 saturated heterocycles. The van der Waals surface area contributed by atoms with Gasteiger partial charge in [0.1, 0.15) is 17.7 Å². The highest BCUT2D eigenvalue weighted by Crippen LogP contribution is 2.36. The average molecular weight is 483 g/mol. The Labute approximate surface area is 208 Å². The Balaban J connectivity index is 1.43. The second kappa shape index (κ2) is 9.80. The highest BCUT2D eigenvalue weighted by atomic mass is 32.2. The van der Waals surface area contributed by atoms with Crippen LogP contribution in [0.2, 0.25) is 0 Å². The van der Waals surface area contributed by atoms with Crippen LogP contribution in [0.4, 0.5) is 5.82 Å². The number of nitrogens with one attached hydrogen (secondary N) is 1. The number of nitriles is 1. The number of hydrogen-bond acceptors (Lipinski definition) is 5. The third-order valence-corrected chi connectivity index (χ3v) is 7.27. The molecule has 0 saturated carbocycles. The fourth-order valence-electron chi connectivity index (χ4n) is 4.72. The molecule has 0 bridgehead atoms. The first-order valence-corrected chi connectivity index (χ1v) is 12.7. The predicted octanol–water partition coefficient (Wildman–Crippen LogP) is 5.16.